The highest BCUT2D eigenvalue weighted by Gasteiger charge is 2.52. The van der Waals surface area contributed by atoms with Crippen molar-refractivity contribution in [1.29, 1.82) is 0 Å². The molecule has 1 aliphatic rings. The topological polar surface area (TPSA) is 101 Å². The smallest absolute Gasteiger partial charge is 0.332 e. The van der Waals surface area contributed by atoms with Crippen LogP contribution in [0.5, 0.6) is 0 Å². The molecule has 0 bridgehead atoms. The van der Waals surface area contributed by atoms with Crippen molar-refractivity contribution >= 4 is 17.9 Å². The minimum absolute atomic E-state index is 0.0135. The number of benzene rings is 1. The van der Waals surface area contributed by atoms with Crippen LogP contribution in [0, 0.1) is 11.3 Å². The van der Waals surface area contributed by atoms with Gasteiger partial charge in [-0.15, -0.1) is 0 Å². The molecule has 6 nitrogen and oxygen atoms in total. The van der Waals surface area contributed by atoms with E-state index >= 15 is 0 Å². The molecule has 1 fully saturated rings. The zero-order valence-electron chi connectivity index (χ0n) is 13.9. The number of carbonyl (C=O) groups excluding carboxylic acids is 1. The average molecular weight is 346 g/mol. The highest BCUT2D eigenvalue weighted by atomic mass is 16.5. The number of hydrogen-bond acceptors (Lipinski definition) is 4. The first kappa shape index (κ1) is 18.7. The molecule has 6 heteroatoms. The van der Waals surface area contributed by atoms with E-state index in [9.17, 15) is 24.6 Å². The molecular weight excluding hydrogens is 324 g/mol. The summed E-state index contributed by atoms with van der Waals surface area (Å²) in [4.78, 5) is 35.8. The number of esters is 1. The van der Waals surface area contributed by atoms with Gasteiger partial charge in [0.25, 0.3) is 0 Å². The molecule has 0 radical (unpaired) electrons. The molecule has 1 unspecified atom stereocenters. The normalized spacial score (nSPS) is 16.8. The third-order valence-electron chi connectivity index (χ3n) is 4.90. The second kappa shape index (κ2) is 7.96. The van der Waals surface area contributed by atoms with Crippen molar-refractivity contribution in [1.82, 2.24) is 0 Å². The molecule has 134 valence electrons. The van der Waals surface area contributed by atoms with Crippen molar-refractivity contribution in [3.63, 3.8) is 0 Å². The Balaban J connectivity index is 2.19. The standard InChI is InChI=1S/C19H22O6/c1-13(17(21)22)19(18(23)24,15-9-5-6-10-15)11-16(20)25-12-14-7-3-2-4-8-14/h2-4,7-8,15H,1,5-6,9-12H2,(H,21,22)(H,23,24). The summed E-state index contributed by atoms with van der Waals surface area (Å²) in [7, 11) is 0. The molecule has 25 heavy (non-hydrogen) atoms. The highest BCUT2D eigenvalue weighted by molar-refractivity contribution is 5.98. The zero-order chi connectivity index (χ0) is 18.4. The van der Waals surface area contributed by atoms with E-state index in [1.807, 2.05) is 6.07 Å². The van der Waals surface area contributed by atoms with Crippen molar-refractivity contribution in [2.75, 3.05) is 0 Å². The molecule has 0 aromatic heterocycles. The lowest BCUT2D eigenvalue weighted by Crippen LogP contribution is -2.43. The second-order valence-corrected chi connectivity index (χ2v) is 6.36. The predicted molar refractivity (Wildman–Crippen MR) is 89.7 cm³/mol. The SMILES string of the molecule is C=C(C(=O)O)C(CC(=O)OCc1ccccc1)(C(=O)O)C1CCCC1. The number of carbonyl (C=O) groups is 3. The lowest BCUT2D eigenvalue weighted by Gasteiger charge is -2.34. The molecule has 1 aromatic rings. The van der Waals surface area contributed by atoms with Crippen LogP contribution in [0.25, 0.3) is 0 Å². The van der Waals surface area contributed by atoms with Crippen LogP contribution in [0.2, 0.25) is 0 Å². The van der Waals surface area contributed by atoms with Gasteiger partial charge in [0.1, 0.15) is 12.0 Å². The van der Waals surface area contributed by atoms with E-state index in [1.165, 1.54) is 0 Å². The number of hydrogen-bond donors (Lipinski definition) is 2. The van der Waals surface area contributed by atoms with Crippen LogP contribution >= 0.6 is 0 Å². The third kappa shape index (κ3) is 4.07. The van der Waals surface area contributed by atoms with Gasteiger partial charge >= 0.3 is 17.9 Å². The summed E-state index contributed by atoms with van der Waals surface area (Å²) >= 11 is 0. The van der Waals surface area contributed by atoms with Gasteiger partial charge < -0.3 is 14.9 Å². The summed E-state index contributed by atoms with van der Waals surface area (Å²) in [6, 6.07) is 9.00. The molecule has 0 aliphatic heterocycles. The minimum Gasteiger partial charge on any atom is -0.481 e. The average Bonchev–Trinajstić information content (AvgIpc) is 3.12. The highest BCUT2D eigenvalue weighted by Crippen LogP contribution is 2.47. The molecule has 1 aliphatic carbocycles. The van der Waals surface area contributed by atoms with Gasteiger partial charge in [0.15, 0.2) is 0 Å². The Hall–Kier alpha value is -2.63. The Bertz CT molecular complexity index is 660. The third-order valence-corrected chi connectivity index (χ3v) is 4.90. The monoisotopic (exact) mass is 346 g/mol. The molecular formula is C19H22O6. The van der Waals surface area contributed by atoms with Crippen molar-refractivity contribution < 1.29 is 29.3 Å². The van der Waals surface area contributed by atoms with Crippen LogP contribution in [0.1, 0.15) is 37.7 Å². The van der Waals surface area contributed by atoms with E-state index in [2.05, 4.69) is 6.58 Å². The summed E-state index contributed by atoms with van der Waals surface area (Å²) in [5.74, 6) is -3.90. The second-order valence-electron chi connectivity index (χ2n) is 6.36. The van der Waals surface area contributed by atoms with Crippen LogP contribution < -0.4 is 0 Å². The van der Waals surface area contributed by atoms with E-state index in [4.69, 9.17) is 4.74 Å². The number of ether oxygens (including phenoxy) is 1. The number of carboxylic acids is 2. The molecule has 0 amide bonds. The summed E-state index contributed by atoms with van der Waals surface area (Å²) in [5.41, 5.74) is -1.51. The molecule has 1 atom stereocenters. The maximum Gasteiger partial charge on any atom is 0.332 e. The summed E-state index contributed by atoms with van der Waals surface area (Å²) in [6.45, 7) is 3.49. The quantitative estimate of drug-likeness (QED) is 0.554. The minimum atomic E-state index is -1.82. The van der Waals surface area contributed by atoms with Crippen molar-refractivity contribution in [2.45, 2.75) is 38.7 Å². The van der Waals surface area contributed by atoms with E-state index < -0.39 is 41.2 Å². The maximum atomic E-state index is 12.3. The molecule has 0 saturated heterocycles. The molecule has 0 heterocycles. The van der Waals surface area contributed by atoms with Crippen molar-refractivity contribution in [3.8, 4) is 0 Å². The predicted octanol–water partition coefficient (Wildman–Crippen LogP) is 3.02. The first-order valence-electron chi connectivity index (χ1n) is 8.23. The van der Waals surface area contributed by atoms with Gasteiger partial charge in [-0.25, -0.2) is 4.79 Å². The van der Waals surface area contributed by atoms with Gasteiger partial charge in [0, 0.05) is 5.57 Å². The first-order valence-corrected chi connectivity index (χ1v) is 8.23. The number of carboxylic acid groups (broad SMARTS) is 2. The van der Waals surface area contributed by atoms with Crippen LogP contribution in [0.4, 0.5) is 0 Å². The Kier molecular flexibility index (Phi) is 5.96. The van der Waals surface area contributed by atoms with Gasteiger partial charge in [-0.3, -0.25) is 9.59 Å². The fourth-order valence-corrected chi connectivity index (χ4v) is 3.50. The lowest BCUT2D eigenvalue weighted by molar-refractivity contribution is -0.161. The fourth-order valence-electron chi connectivity index (χ4n) is 3.50. The van der Waals surface area contributed by atoms with Crippen molar-refractivity contribution in [3.05, 3.63) is 48.0 Å². The molecule has 2 N–H and O–H groups in total. The van der Waals surface area contributed by atoms with E-state index in [1.54, 1.807) is 24.3 Å². The first-order chi connectivity index (χ1) is 11.9. The Morgan fingerprint density at radius 1 is 1.12 bits per heavy atom. The van der Waals surface area contributed by atoms with Gasteiger partial charge in [0.05, 0.1) is 6.42 Å². The maximum absolute atomic E-state index is 12.3. The Labute approximate surface area is 146 Å². The molecule has 1 aromatic carbocycles. The van der Waals surface area contributed by atoms with E-state index in [-0.39, 0.29) is 6.61 Å². The Morgan fingerprint density at radius 2 is 1.72 bits per heavy atom. The van der Waals surface area contributed by atoms with Gasteiger partial charge in [-0.2, -0.15) is 0 Å². The molecule has 1 saturated carbocycles. The summed E-state index contributed by atoms with van der Waals surface area (Å²) < 4.78 is 5.19. The lowest BCUT2D eigenvalue weighted by atomic mass is 9.67. The molecule has 0 spiro atoms. The largest absolute Gasteiger partial charge is 0.481 e. The van der Waals surface area contributed by atoms with E-state index in [0.717, 1.165) is 18.4 Å². The van der Waals surface area contributed by atoms with Crippen LogP contribution in [-0.4, -0.2) is 28.1 Å². The van der Waals surface area contributed by atoms with E-state index in [0.29, 0.717) is 12.8 Å². The Morgan fingerprint density at radius 3 is 2.24 bits per heavy atom. The zero-order valence-corrected chi connectivity index (χ0v) is 13.9. The number of rotatable bonds is 8. The summed E-state index contributed by atoms with van der Waals surface area (Å²) in [5, 5.41) is 19.1. The summed E-state index contributed by atoms with van der Waals surface area (Å²) in [6.07, 6.45) is 2.22. The van der Waals surface area contributed by atoms with Gasteiger partial charge in [0.2, 0.25) is 0 Å². The van der Waals surface area contributed by atoms with Crippen molar-refractivity contribution in [2.24, 2.45) is 11.3 Å². The van der Waals surface area contributed by atoms with Crippen LogP contribution in [-0.2, 0) is 25.7 Å². The number of aliphatic carboxylic acids is 2. The van der Waals surface area contributed by atoms with Crippen LogP contribution in [0.15, 0.2) is 42.5 Å². The molecule has 2 rings (SSSR count). The fraction of sp³-hybridized carbons (Fsp3) is 0.421. The van der Waals surface area contributed by atoms with Gasteiger partial charge in [-0.05, 0) is 24.3 Å². The van der Waals surface area contributed by atoms with Gasteiger partial charge in [-0.1, -0.05) is 49.8 Å². The van der Waals surface area contributed by atoms with Crippen LogP contribution in [0.3, 0.4) is 0 Å².